The summed E-state index contributed by atoms with van der Waals surface area (Å²) in [6.07, 6.45) is 0. The molecule has 2 heterocycles. The van der Waals surface area contributed by atoms with E-state index in [1.165, 1.54) is 12.1 Å². The van der Waals surface area contributed by atoms with Crippen LogP contribution in [0.3, 0.4) is 0 Å². The number of sulfone groups is 1. The van der Waals surface area contributed by atoms with E-state index < -0.39 is 21.7 Å². The molecule has 0 aliphatic carbocycles. The lowest BCUT2D eigenvalue weighted by Gasteiger charge is -2.26. The average Bonchev–Trinajstić information content (AvgIpc) is 2.88. The lowest BCUT2D eigenvalue weighted by molar-refractivity contribution is 0.0398. The molecule has 0 unspecified atom stereocenters. The first-order valence-corrected chi connectivity index (χ1v) is 12.2. The number of guanidine groups is 1. The molecule has 176 valence electrons. The highest BCUT2D eigenvalue weighted by Crippen LogP contribution is 2.43. The number of para-hydroxylation sites is 1. The summed E-state index contributed by atoms with van der Waals surface area (Å²) in [6, 6.07) is 8.17. The number of nitrogens with zero attached hydrogens (tertiary/aromatic N) is 2. The second-order valence-corrected chi connectivity index (χ2v) is 9.96. The molecule has 5 N–H and O–H groups in total. The molecule has 4 rings (SSSR count). The van der Waals surface area contributed by atoms with E-state index in [2.05, 4.69) is 15.2 Å². The minimum absolute atomic E-state index is 0.0629. The van der Waals surface area contributed by atoms with E-state index >= 15 is 0 Å². The van der Waals surface area contributed by atoms with Crippen LogP contribution in [0.1, 0.15) is 21.5 Å². The molecule has 1 amide bonds. The number of carbonyl (C=O) groups is 1. The van der Waals surface area contributed by atoms with Gasteiger partial charge < -0.3 is 26.3 Å². The van der Waals surface area contributed by atoms with Crippen molar-refractivity contribution in [2.45, 2.75) is 17.6 Å². The molecule has 10 nitrogen and oxygen atoms in total. The Morgan fingerprint density at radius 2 is 1.94 bits per heavy atom. The van der Waals surface area contributed by atoms with Crippen LogP contribution >= 0.6 is 0 Å². The second-order valence-electron chi connectivity index (χ2n) is 8.00. The third kappa shape index (κ3) is 5.10. The van der Waals surface area contributed by atoms with E-state index in [1.54, 1.807) is 19.1 Å². The molecule has 0 atom stereocenters. The molecule has 0 bridgehead atoms. The van der Waals surface area contributed by atoms with Crippen molar-refractivity contribution in [1.82, 2.24) is 4.90 Å². The maximum atomic E-state index is 13.2. The lowest BCUT2D eigenvalue weighted by Crippen LogP contribution is -2.39. The number of ether oxygens (including phenoxy) is 2. The number of rotatable bonds is 5. The maximum Gasteiger partial charge on any atom is 0.280 e. The predicted octanol–water partition coefficient (Wildman–Crippen LogP) is 1.23. The normalized spacial score (nSPS) is 17.1. The molecular weight excluding hydrogens is 446 g/mol. The summed E-state index contributed by atoms with van der Waals surface area (Å²) >= 11 is 0. The quantitative estimate of drug-likeness (QED) is 0.430. The number of carbonyl (C=O) groups excluding carboxylic acids is 1. The Hall–Kier alpha value is -3.15. The molecule has 33 heavy (non-hydrogen) atoms. The number of nitrogens with two attached hydrogens (primary N) is 2. The van der Waals surface area contributed by atoms with Crippen molar-refractivity contribution in [2.75, 3.05) is 44.7 Å². The van der Waals surface area contributed by atoms with E-state index in [4.69, 9.17) is 20.9 Å². The number of anilines is 1. The molecule has 2 aliphatic heterocycles. The highest BCUT2D eigenvalue weighted by molar-refractivity contribution is 7.90. The van der Waals surface area contributed by atoms with Gasteiger partial charge in [-0.3, -0.25) is 9.69 Å². The van der Waals surface area contributed by atoms with Crippen molar-refractivity contribution in [3.8, 4) is 11.5 Å². The van der Waals surface area contributed by atoms with Crippen molar-refractivity contribution in [3.63, 3.8) is 0 Å². The Morgan fingerprint density at radius 1 is 1.18 bits per heavy atom. The maximum absolute atomic E-state index is 13.2. The van der Waals surface area contributed by atoms with Crippen LogP contribution in [0, 0.1) is 6.92 Å². The van der Waals surface area contributed by atoms with Crippen molar-refractivity contribution in [2.24, 2.45) is 16.5 Å². The lowest BCUT2D eigenvalue weighted by atomic mass is 10.1. The van der Waals surface area contributed by atoms with Crippen molar-refractivity contribution >= 4 is 27.4 Å². The van der Waals surface area contributed by atoms with Crippen LogP contribution < -0.4 is 21.5 Å². The molecule has 2 aromatic carbocycles. The number of fused-ring (bicyclic) bond motifs is 2. The highest BCUT2D eigenvalue weighted by atomic mass is 32.2. The zero-order chi connectivity index (χ0) is 23.6. The van der Waals surface area contributed by atoms with Gasteiger partial charge in [0.05, 0.1) is 24.7 Å². The number of amides is 1. The number of aliphatic imine (C=N–C) groups is 1. The summed E-state index contributed by atoms with van der Waals surface area (Å²) in [4.78, 5) is 18.1. The minimum Gasteiger partial charge on any atom is -0.453 e. The smallest absolute Gasteiger partial charge is 0.280 e. The van der Waals surface area contributed by atoms with Gasteiger partial charge in [0.15, 0.2) is 21.5 Å². The Balaban J connectivity index is 1.65. The van der Waals surface area contributed by atoms with Crippen LogP contribution in [0.5, 0.6) is 11.5 Å². The summed E-state index contributed by atoms with van der Waals surface area (Å²) in [5.74, 6) is -0.714. The summed E-state index contributed by atoms with van der Waals surface area (Å²) in [5, 5.41) is 3.37. The first-order chi connectivity index (χ1) is 15.7. The number of nitrogens with one attached hydrogen (secondary N) is 1. The van der Waals surface area contributed by atoms with Crippen molar-refractivity contribution < 1.29 is 22.7 Å². The fraction of sp³-hybridized carbons (Fsp3) is 0.364. The topological polar surface area (TPSA) is 149 Å². The largest absolute Gasteiger partial charge is 0.453 e. The molecular formula is C22H27N5O5S. The molecule has 0 spiro atoms. The molecule has 2 aliphatic rings. The number of hydrogen-bond donors (Lipinski definition) is 3. The minimum atomic E-state index is -3.79. The van der Waals surface area contributed by atoms with Gasteiger partial charge in [-0.1, -0.05) is 12.1 Å². The van der Waals surface area contributed by atoms with E-state index in [0.717, 1.165) is 32.8 Å². The predicted molar refractivity (Wildman–Crippen MR) is 124 cm³/mol. The Morgan fingerprint density at radius 3 is 2.67 bits per heavy atom. The Bertz CT molecular complexity index is 1200. The van der Waals surface area contributed by atoms with Crippen LogP contribution in [0.15, 0.2) is 40.2 Å². The molecule has 2 aromatic rings. The molecule has 11 heteroatoms. The van der Waals surface area contributed by atoms with Gasteiger partial charge in [0.2, 0.25) is 0 Å². The van der Waals surface area contributed by atoms with E-state index in [9.17, 15) is 13.2 Å². The number of aryl methyl sites for hydroxylation is 1. The van der Waals surface area contributed by atoms with Crippen LogP contribution in [0.2, 0.25) is 0 Å². The van der Waals surface area contributed by atoms with Crippen LogP contribution in [-0.4, -0.2) is 64.6 Å². The second kappa shape index (κ2) is 9.38. The molecule has 1 saturated heterocycles. The van der Waals surface area contributed by atoms with Gasteiger partial charge >= 0.3 is 0 Å². The van der Waals surface area contributed by atoms with Crippen LogP contribution in [0.4, 0.5) is 5.69 Å². The van der Waals surface area contributed by atoms with Gasteiger partial charge in [-0.15, -0.1) is 0 Å². The summed E-state index contributed by atoms with van der Waals surface area (Å²) in [7, 11) is -3.79. The standard InChI is InChI=1S/C22H27N5O5S/c1-14-11-16(21(28)26-22(23)24)12-18-19(14)32-20-15(13-33(18,29)30)3-2-4-17(20)25-5-6-27-7-9-31-10-8-27/h2-4,11-12,25H,5-10,13H2,1H3,(H4,23,24,26,28). The fourth-order valence-electron chi connectivity index (χ4n) is 3.92. The van der Waals surface area contributed by atoms with Crippen molar-refractivity contribution in [3.05, 3.63) is 47.0 Å². The van der Waals surface area contributed by atoms with Gasteiger partial charge in [0.1, 0.15) is 10.6 Å². The monoisotopic (exact) mass is 473 g/mol. The Labute approximate surface area is 192 Å². The average molecular weight is 474 g/mol. The van der Waals surface area contributed by atoms with E-state index in [1.807, 2.05) is 6.07 Å². The summed E-state index contributed by atoms with van der Waals surface area (Å²) in [5.41, 5.74) is 12.4. The third-order valence-electron chi connectivity index (χ3n) is 5.55. The van der Waals surface area contributed by atoms with Gasteiger partial charge in [-0.2, -0.15) is 4.99 Å². The van der Waals surface area contributed by atoms with Gasteiger partial charge in [-0.25, -0.2) is 8.42 Å². The zero-order valence-corrected chi connectivity index (χ0v) is 19.2. The first-order valence-electron chi connectivity index (χ1n) is 10.6. The van der Waals surface area contributed by atoms with Crippen LogP contribution in [-0.2, 0) is 20.3 Å². The fourth-order valence-corrected chi connectivity index (χ4v) is 5.51. The third-order valence-corrected chi connectivity index (χ3v) is 7.21. The highest BCUT2D eigenvalue weighted by Gasteiger charge is 2.30. The zero-order valence-electron chi connectivity index (χ0n) is 18.3. The van der Waals surface area contributed by atoms with Gasteiger partial charge in [0.25, 0.3) is 5.91 Å². The first kappa shape index (κ1) is 23.0. The number of hydrogen-bond acceptors (Lipinski definition) is 7. The van der Waals surface area contributed by atoms with Crippen LogP contribution in [0.25, 0.3) is 0 Å². The van der Waals surface area contributed by atoms with E-state index in [0.29, 0.717) is 29.1 Å². The molecule has 0 radical (unpaired) electrons. The summed E-state index contributed by atoms with van der Waals surface area (Å²) in [6.45, 7) is 6.41. The van der Waals surface area contributed by atoms with Crippen molar-refractivity contribution in [1.29, 1.82) is 0 Å². The number of benzene rings is 2. The van der Waals surface area contributed by atoms with E-state index in [-0.39, 0.29) is 22.0 Å². The Kier molecular flexibility index (Phi) is 6.54. The number of morpholine rings is 1. The SMILES string of the molecule is Cc1cc(C(=O)N=C(N)N)cc2c1Oc1c(cccc1NCCN1CCOCC1)CS2(=O)=O. The van der Waals surface area contributed by atoms with Gasteiger partial charge in [-0.05, 0) is 30.7 Å². The molecule has 1 fully saturated rings. The molecule has 0 saturated carbocycles. The van der Waals surface area contributed by atoms with Gasteiger partial charge in [0, 0.05) is 37.3 Å². The molecule has 0 aromatic heterocycles. The summed E-state index contributed by atoms with van der Waals surface area (Å²) < 4.78 is 38.0.